The van der Waals surface area contributed by atoms with Gasteiger partial charge in [0.2, 0.25) is 11.9 Å². The topological polar surface area (TPSA) is 72.9 Å². The van der Waals surface area contributed by atoms with Crippen LogP contribution in [0.15, 0.2) is 12.4 Å². The van der Waals surface area contributed by atoms with Crippen molar-refractivity contribution in [1.82, 2.24) is 9.55 Å². The SMILES string of the molecule is CC(C)Cn1ccnc1NC(=O)CCCN.Cl. The third-order valence-electron chi connectivity index (χ3n) is 2.14. The van der Waals surface area contributed by atoms with Crippen molar-refractivity contribution in [2.75, 3.05) is 11.9 Å². The molecule has 6 heteroatoms. The molecule has 1 amide bonds. The lowest BCUT2D eigenvalue weighted by Crippen LogP contribution is -2.17. The molecule has 3 N–H and O–H groups in total. The predicted molar refractivity (Wildman–Crippen MR) is 71.2 cm³/mol. The van der Waals surface area contributed by atoms with Gasteiger partial charge in [-0.1, -0.05) is 13.8 Å². The molecular weight excluding hydrogens is 240 g/mol. The van der Waals surface area contributed by atoms with E-state index >= 15 is 0 Å². The summed E-state index contributed by atoms with van der Waals surface area (Å²) in [5, 5.41) is 2.79. The minimum atomic E-state index is -0.0262. The number of carbonyl (C=O) groups excluding carboxylic acids is 1. The Hall–Kier alpha value is -1.07. The van der Waals surface area contributed by atoms with Gasteiger partial charge in [-0.25, -0.2) is 4.98 Å². The van der Waals surface area contributed by atoms with E-state index < -0.39 is 0 Å². The Morgan fingerprint density at radius 2 is 2.29 bits per heavy atom. The van der Waals surface area contributed by atoms with E-state index in [9.17, 15) is 4.79 Å². The molecule has 0 aliphatic rings. The van der Waals surface area contributed by atoms with Crippen molar-refractivity contribution < 1.29 is 4.79 Å². The van der Waals surface area contributed by atoms with Crippen LogP contribution in [-0.4, -0.2) is 22.0 Å². The molecule has 1 heterocycles. The summed E-state index contributed by atoms with van der Waals surface area (Å²) in [6.07, 6.45) is 4.72. The second-order valence-corrected chi connectivity index (χ2v) is 4.24. The van der Waals surface area contributed by atoms with Crippen LogP contribution in [0, 0.1) is 5.92 Å². The Morgan fingerprint density at radius 1 is 1.59 bits per heavy atom. The third-order valence-corrected chi connectivity index (χ3v) is 2.14. The van der Waals surface area contributed by atoms with Crippen molar-refractivity contribution in [3.05, 3.63) is 12.4 Å². The van der Waals surface area contributed by atoms with Gasteiger partial charge in [0.05, 0.1) is 0 Å². The maximum absolute atomic E-state index is 11.5. The summed E-state index contributed by atoms with van der Waals surface area (Å²) in [5.41, 5.74) is 5.35. The first-order chi connectivity index (χ1) is 7.63. The van der Waals surface area contributed by atoms with Gasteiger partial charge >= 0.3 is 0 Å². The molecule has 0 aliphatic heterocycles. The Labute approximate surface area is 108 Å². The van der Waals surface area contributed by atoms with Crippen LogP contribution in [0.4, 0.5) is 5.95 Å². The molecule has 5 nitrogen and oxygen atoms in total. The molecule has 1 aromatic heterocycles. The van der Waals surface area contributed by atoms with E-state index in [-0.39, 0.29) is 18.3 Å². The lowest BCUT2D eigenvalue weighted by molar-refractivity contribution is -0.116. The van der Waals surface area contributed by atoms with E-state index in [1.807, 2.05) is 10.8 Å². The number of aromatic nitrogens is 2. The molecule has 98 valence electrons. The third kappa shape index (κ3) is 5.70. The zero-order valence-electron chi connectivity index (χ0n) is 10.3. The molecule has 0 aliphatic carbocycles. The first-order valence-electron chi connectivity index (χ1n) is 5.64. The van der Waals surface area contributed by atoms with Gasteiger partial charge in [-0.05, 0) is 18.9 Å². The number of nitrogens with two attached hydrogens (primary N) is 1. The first kappa shape index (κ1) is 15.9. The molecule has 0 bridgehead atoms. The average molecular weight is 261 g/mol. The normalized spacial score (nSPS) is 10.1. The highest BCUT2D eigenvalue weighted by molar-refractivity contribution is 5.89. The number of imidazole rings is 1. The van der Waals surface area contributed by atoms with Gasteiger partial charge in [0.1, 0.15) is 0 Å². The van der Waals surface area contributed by atoms with E-state index in [2.05, 4.69) is 24.1 Å². The highest BCUT2D eigenvalue weighted by Crippen LogP contribution is 2.08. The second kappa shape index (κ2) is 8.08. The maximum Gasteiger partial charge on any atom is 0.226 e. The van der Waals surface area contributed by atoms with E-state index in [1.165, 1.54) is 0 Å². The summed E-state index contributed by atoms with van der Waals surface area (Å²) < 4.78 is 1.95. The van der Waals surface area contributed by atoms with Crippen LogP contribution < -0.4 is 11.1 Å². The number of hydrogen-bond donors (Lipinski definition) is 2. The van der Waals surface area contributed by atoms with Crippen molar-refractivity contribution in [1.29, 1.82) is 0 Å². The fourth-order valence-electron chi connectivity index (χ4n) is 1.42. The first-order valence-corrected chi connectivity index (χ1v) is 5.64. The Balaban J connectivity index is 0.00000256. The summed E-state index contributed by atoms with van der Waals surface area (Å²) in [5.74, 6) is 1.12. The number of nitrogens with zero attached hydrogens (tertiary/aromatic N) is 2. The molecule has 0 unspecified atom stereocenters. The molecule has 0 radical (unpaired) electrons. The van der Waals surface area contributed by atoms with E-state index in [0.29, 0.717) is 31.3 Å². The monoisotopic (exact) mass is 260 g/mol. The molecule has 1 aromatic rings. The van der Waals surface area contributed by atoms with Crippen LogP contribution in [0.1, 0.15) is 26.7 Å². The summed E-state index contributed by atoms with van der Waals surface area (Å²) >= 11 is 0. The van der Waals surface area contributed by atoms with Crippen molar-refractivity contribution in [2.24, 2.45) is 11.7 Å². The molecule has 17 heavy (non-hydrogen) atoms. The van der Waals surface area contributed by atoms with Crippen LogP contribution in [0.3, 0.4) is 0 Å². The number of anilines is 1. The molecule has 0 atom stereocenters. The number of hydrogen-bond acceptors (Lipinski definition) is 3. The smallest absolute Gasteiger partial charge is 0.226 e. The van der Waals surface area contributed by atoms with E-state index in [1.54, 1.807) is 6.20 Å². The lowest BCUT2D eigenvalue weighted by atomic mass is 10.2. The molecular formula is C11H21ClN4O. The van der Waals surface area contributed by atoms with Gasteiger partial charge in [0.15, 0.2) is 0 Å². The number of halogens is 1. The lowest BCUT2D eigenvalue weighted by Gasteiger charge is -2.10. The van der Waals surface area contributed by atoms with Crippen molar-refractivity contribution >= 4 is 24.3 Å². The fourth-order valence-corrected chi connectivity index (χ4v) is 1.42. The van der Waals surface area contributed by atoms with E-state index in [4.69, 9.17) is 5.73 Å². The summed E-state index contributed by atoms with van der Waals surface area (Å²) in [6, 6.07) is 0. The second-order valence-electron chi connectivity index (χ2n) is 4.24. The summed E-state index contributed by atoms with van der Waals surface area (Å²) in [4.78, 5) is 15.6. The van der Waals surface area contributed by atoms with Crippen LogP contribution >= 0.6 is 12.4 Å². The number of nitrogens with one attached hydrogen (secondary N) is 1. The predicted octanol–water partition coefficient (Wildman–Crippen LogP) is 1.64. The maximum atomic E-state index is 11.5. The minimum absolute atomic E-state index is 0. The Bertz CT molecular complexity index is 338. The molecule has 1 rings (SSSR count). The van der Waals surface area contributed by atoms with Crippen LogP contribution in [0.25, 0.3) is 0 Å². The van der Waals surface area contributed by atoms with Gasteiger partial charge in [0, 0.05) is 25.4 Å². The number of rotatable bonds is 6. The van der Waals surface area contributed by atoms with Crippen LogP contribution in [-0.2, 0) is 11.3 Å². The highest BCUT2D eigenvalue weighted by Gasteiger charge is 2.07. The molecule has 0 saturated carbocycles. The average Bonchev–Trinajstić information content (AvgIpc) is 2.62. The number of amides is 1. The van der Waals surface area contributed by atoms with E-state index in [0.717, 1.165) is 6.54 Å². The molecule has 0 aromatic carbocycles. The zero-order chi connectivity index (χ0) is 12.0. The van der Waals surface area contributed by atoms with Gasteiger partial charge < -0.3 is 10.3 Å². The van der Waals surface area contributed by atoms with Crippen molar-refractivity contribution in [3.8, 4) is 0 Å². The Morgan fingerprint density at radius 3 is 2.88 bits per heavy atom. The van der Waals surface area contributed by atoms with Gasteiger partial charge in [-0.2, -0.15) is 0 Å². The Kier molecular flexibility index (Phi) is 7.58. The fraction of sp³-hybridized carbons (Fsp3) is 0.636. The highest BCUT2D eigenvalue weighted by atomic mass is 35.5. The minimum Gasteiger partial charge on any atom is -0.330 e. The standard InChI is InChI=1S/C11H20N4O.ClH/c1-9(2)8-15-7-6-13-11(15)14-10(16)4-3-5-12;/h6-7,9H,3-5,8,12H2,1-2H3,(H,13,14,16);1H. The van der Waals surface area contributed by atoms with Crippen molar-refractivity contribution in [2.45, 2.75) is 33.2 Å². The quantitative estimate of drug-likeness (QED) is 0.817. The van der Waals surface area contributed by atoms with Gasteiger partial charge in [-0.3, -0.25) is 10.1 Å². The van der Waals surface area contributed by atoms with Gasteiger partial charge in [-0.15, -0.1) is 12.4 Å². The van der Waals surface area contributed by atoms with Crippen LogP contribution in [0.5, 0.6) is 0 Å². The van der Waals surface area contributed by atoms with Crippen LogP contribution in [0.2, 0.25) is 0 Å². The molecule has 0 saturated heterocycles. The number of carbonyl (C=O) groups is 1. The largest absolute Gasteiger partial charge is 0.330 e. The summed E-state index contributed by atoms with van der Waals surface area (Å²) in [6.45, 7) is 5.64. The van der Waals surface area contributed by atoms with Gasteiger partial charge in [0.25, 0.3) is 0 Å². The zero-order valence-corrected chi connectivity index (χ0v) is 11.2. The summed E-state index contributed by atoms with van der Waals surface area (Å²) in [7, 11) is 0. The van der Waals surface area contributed by atoms with Crippen molar-refractivity contribution in [3.63, 3.8) is 0 Å². The molecule has 0 fully saturated rings. The molecule has 0 spiro atoms.